The summed E-state index contributed by atoms with van der Waals surface area (Å²) in [6, 6.07) is 9.49. The van der Waals surface area contributed by atoms with Crippen LogP contribution in [0.3, 0.4) is 0 Å². The van der Waals surface area contributed by atoms with Gasteiger partial charge >= 0.3 is 0 Å². The number of thioether (sulfide) groups is 1. The van der Waals surface area contributed by atoms with Crippen LogP contribution in [-0.2, 0) is 0 Å². The van der Waals surface area contributed by atoms with Gasteiger partial charge in [-0.1, -0.05) is 34.1 Å². The van der Waals surface area contributed by atoms with Gasteiger partial charge in [-0.05, 0) is 36.5 Å². The summed E-state index contributed by atoms with van der Waals surface area (Å²) in [5.41, 5.74) is 1.48. The van der Waals surface area contributed by atoms with E-state index in [-0.39, 0.29) is 0 Å². The lowest BCUT2D eigenvalue weighted by Gasteiger charge is -2.36. The summed E-state index contributed by atoms with van der Waals surface area (Å²) in [7, 11) is 0. The van der Waals surface area contributed by atoms with E-state index in [0.29, 0.717) is 0 Å². The summed E-state index contributed by atoms with van der Waals surface area (Å²) in [4.78, 5) is 0. The summed E-state index contributed by atoms with van der Waals surface area (Å²) in [5, 5.41) is 3.62. The first kappa shape index (κ1) is 14.2. The highest BCUT2D eigenvalue weighted by Gasteiger charge is 2.29. The monoisotopic (exact) mass is 325 g/mol. The first-order valence-corrected chi connectivity index (χ1v) is 8.42. The van der Waals surface area contributed by atoms with Crippen LogP contribution in [0.5, 0.6) is 0 Å². The van der Waals surface area contributed by atoms with Crippen LogP contribution < -0.4 is 5.32 Å². The fourth-order valence-electron chi connectivity index (χ4n) is 2.29. The minimum absolute atomic E-state index is 0.725. The zero-order valence-electron chi connectivity index (χ0n) is 10.6. The lowest BCUT2D eigenvalue weighted by atomic mass is 9.76. The molecule has 0 saturated heterocycles. The Kier molecular flexibility index (Phi) is 5.80. The molecule has 0 amide bonds. The van der Waals surface area contributed by atoms with Crippen molar-refractivity contribution in [3.8, 4) is 0 Å². The Hall–Kier alpha value is -0.250. The topological polar surface area (TPSA) is 12.0 Å². The summed E-state index contributed by atoms with van der Waals surface area (Å²) in [5.74, 6) is 3.01. The Morgan fingerprint density at radius 1 is 1.33 bits per heavy atom. The molecule has 0 aromatic heterocycles. The van der Waals surface area contributed by atoms with E-state index < -0.39 is 0 Å². The number of hydrogen-bond donors (Lipinski definition) is 1. The maximum atomic E-state index is 3.73. The Labute approximate surface area is 123 Å². The van der Waals surface area contributed by atoms with Crippen molar-refractivity contribution in [3.05, 3.63) is 47.0 Å². The molecule has 1 fully saturated rings. The average molecular weight is 326 g/mol. The van der Waals surface area contributed by atoms with Gasteiger partial charge < -0.3 is 5.32 Å². The Morgan fingerprint density at radius 3 is 2.72 bits per heavy atom. The molecule has 1 aromatic carbocycles. The predicted octanol–water partition coefficient (Wildman–Crippen LogP) is 4.20. The standard InChI is InChI=1S/C15H20BrNS/c1-2-8-18-9-7-17-15-10-13(11-15)12-3-5-14(16)6-4-12/h2-6,13,15,17H,1,7-11H2. The van der Waals surface area contributed by atoms with Gasteiger partial charge in [0.1, 0.15) is 0 Å². The van der Waals surface area contributed by atoms with Crippen LogP contribution in [0.15, 0.2) is 41.4 Å². The molecule has 1 aromatic rings. The van der Waals surface area contributed by atoms with Crippen molar-refractivity contribution in [1.82, 2.24) is 5.32 Å². The second-order valence-electron chi connectivity index (χ2n) is 4.73. The van der Waals surface area contributed by atoms with Crippen LogP contribution in [0, 0.1) is 0 Å². The van der Waals surface area contributed by atoms with E-state index in [1.54, 1.807) is 0 Å². The zero-order valence-corrected chi connectivity index (χ0v) is 13.0. The van der Waals surface area contributed by atoms with Crippen molar-refractivity contribution in [2.75, 3.05) is 18.1 Å². The summed E-state index contributed by atoms with van der Waals surface area (Å²) in [6.07, 6.45) is 4.54. The largest absolute Gasteiger partial charge is 0.313 e. The molecule has 1 nitrogen and oxygen atoms in total. The van der Waals surface area contributed by atoms with Gasteiger partial charge in [-0.2, -0.15) is 11.8 Å². The lowest BCUT2D eigenvalue weighted by Crippen LogP contribution is -2.41. The van der Waals surface area contributed by atoms with E-state index in [1.165, 1.54) is 28.6 Å². The Bertz CT molecular complexity index is 371. The molecule has 0 radical (unpaired) electrons. The summed E-state index contributed by atoms with van der Waals surface area (Å²) in [6.45, 7) is 4.85. The van der Waals surface area contributed by atoms with Crippen molar-refractivity contribution < 1.29 is 0 Å². The van der Waals surface area contributed by atoms with Crippen LogP contribution in [0.4, 0.5) is 0 Å². The molecule has 1 aliphatic carbocycles. The van der Waals surface area contributed by atoms with E-state index in [1.807, 2.05) is 17.8 Å². The van der Waals surface area contributed by atoms with Gasteiger partial charge in [0.05, 0.1) is 0 Å². The summed E-state index contributed by atoms with van der Waals surface area (Å²) < 4.78 is 1.17. The highest BCUT2D eigenvalue weighted by Crippen LogP contribution is 2.37. The van der Waals surface area contributed by atoms with Crippen LogP contribution in [-0.4, -0.2) is 24.1 Å². The molecule has 1 saturated carbocycles. The number of halogens is 1. The minimum atomic E-state index is 0.725. The van der Waals surface area contributed by atoms with E-state index in [4.69, 9.17) is 0 Å². The molecule has 3 heteroatoms. The first-order valence-electron chi connectivity index (χ1n) is 6.47. The van der Waals surface area contributed by atoms with Crippen molar-refractivity contribution >= 4 is 27.7 Å². The van der Waals surface area contributed by atoms with Crippen LogP contribution in [0.1, 0.15) is 24.3 Å². The molecule has 0 bridgehead atoms. The van der Waals surface area contributed by atoms with Crippen molar-refractivity contribution in [3.63, 3.8) is 0 Å². The highest BCUT2D eigenvalue weighted by molar-refractivity contribution is 9.10. The Balaban J connectivity index is 1.62. The molecule has 2 rings (SSSR count). The molecule has 0 spiro atoms. The van der Waals surface area contributed by atoms with E-state index in [0.717, 1.165) is 24.3 Å². The molecule has 0 heterocycles. The fourth-order valence-corrected chi connectivity index (χ4v) is 3.15. The van der Waals surface area contributed by atoms with E-state index in [9.17, 15) is 0 Å². The average Bonchev–Trinajstić information content (AvgIpc) is 2.33. The smallest absolute Gasteiger partial charge is 0.0175 e. The molecule has 18 heavy (non-hydrogen) atoms. The van der Waals surface area contributed by atoms with Gasteiger partial charge in [0.25, 0.3) is 0 Å². The maximum absolute atomic E-state index is 3.73. The zero-order chi connectivity index (χ0) is 12.8. The van der Waals surface area contributed by atoms with Crippen LogP contribution >= 0.6 is 27.7 Å². The number of rotatable bonds is 7. The van der Waals surface area contributed by atoms with Gasteiger partial charge in [0, 0.05) is 28.6 Å². The molecule has 1 N–H and O–H groups in total. The maximum Gasteiger partial charge on any atom is 0.0175 e. The molecular formula is C15H20BrNS. The second-order valence-corrected chi connectivity index (χ2v) is 6.80. The molecular weight excluding hydrogens is 306 g/mol. The minimum Gasteiger partial charge on any atom is -0.313 e. The highest BCUT2D eigenvalue weighted by atomic mass is 79.9. The molecule has 1 aliphatic rings. The molecule has 0 atom stereocenters. The predicted molar refractivity (Wildman–Crippen MR) is 85.4 cm³/mol. The van der Waals surface area contributed by atoms with Gasteiger partial charge in [0.2, 0.25) is 0 Å². The third-order valence-corrected chi connectivity index (χ3v) is 4.89. The van der Waals surface area contributed by atoms with Gasteiger partial charge in [-0.15, -0.1) is 6.58 Å². The van der Waals surface area contributed by atoms with E-state index in [2.05, 4.69) is 52.1 Å². The Morgan fingerprint density at radius 2 is 2.06 bits per heavy atom. The van der Waals surface area contributed by atoms with Gasteiger partial charge in [0.15, 0.2) is 0 Å². The quantitative estimate of drug-likeness (QED) is 0.595. The molecule has 98 valence electrons. The normalized spacial score (nSPS) is 22.5. The van der Waals surface area contributed by atoms with Crippen molar-refractivity contribution in [2.24, 2.45) is 0 Å². The van der Waals surface area contributed by atoms with Gasteiger partial charge in [-0.25, -0.2) is 0 Å². The van der Waals surface area contributed by atoms with Crippen molar-refractivity contribution in [1.29, 1.82) is 0 Å². The van der Waals surface area contributed by atoms with E-state index >= 15 is 0 Å². The number of nitrogens with one attached hydrogen (secondary N) is 1. The van der Waals surface area contributed by atoms with Crippen LogP contribution in [0.25, 0.3) is 0 Å². The van der Waals surface area contributed by atoms with Crippen molar-refractivity contribution in [2.45, 2.75) is 24.8 Å². The third kappa shape index (κ3) is 4.15. The number of benzene rings is 1. The number of hydrogen-bond acceptors (Lipinski definition) is 2. The SMILES string of the molecule is C=CCSCCNC1CC(c2ccc(Br)cc2)C1. The summed E-state index contributed by atoms with van der Waals surface area (Å²) >= 11 is 5.42. The second kappa shape index (κ2) is 7.37. The van der Waals surface area contributed by atoms with Gasteiger partial charge in [-0.3, -0.25) is 0 Å². The fraction of sp³-hybridized carbons (Fsp3) is 0.467. The molecule has 0 unspecified atom stereocenters. The lowest BCUT2D eigenvalue weighted by molar-refractivity contribution is 0.296. The first-order chi connectivity index (χ1) is 8.79. The molecule has 0 aliphatic heterocycles. The van der Waals surface area contributed by atoms with Crippen LogP contribution in [0.2, 0.25) is 0 Å². The third-order valence-electron chi connectivity index (χ3n) is 3.39.